The fourth-order valence-electron chi connectivity index (χ4n) is 1.45. The molecule has 0 radical (unpaired) electrons. The van der Waals surface area contributed by atoms with Crippen molar-refractivity contribution in [2.45, 2.75) is 18.4 Å². The van der Waals surface area contributed by atoms with Gasteiger partial charge in [0.2, 0.25) is 0 Å². The van der Waals surface area contributed by atoms with Crippen LogP contribution in [0.2, 0.25) is 0 Å². The number of hydrogen-bond donors (Lipinski definition) is 0. The Kier molecular flexibility index (Phi) is 4.23. The summed E-state index contributed by atoms with van der Waals surface area (Å²) in [6.07, 6.45) is 0. The van der Waals surface area contributed by atoms with Crippen LogP contribution in [-0.4, -0.2) is 4.21 Å². The summed E-state index contributed by atoms with van der Waals surface area (Å²) in [5, 5.41) is 0. The van der Waals surface area contributed by atoms with Crippen LogP contribution in [0.25, 0.3) is 0 Å². The molecule has 0 bridgehead atoms. The first-order valence-corrected chi connectivity index (χ1v) is 6.59. The molecule has 0 fully saturated rings. The van der Waals surface area contributed by atoms with Crippen molar-refractivity contribution in [1.29, 1.82) is 0 Å². The highest BCUT2D eigenvalue weighted by molar-refractivity contribution is 7.80. The van der Waals surface area contributed by atoms with Crippen LogP contribution in [0.1, 0.15) is 11.1 Å². The molecule has 0 saturated heterocycles. The number of halogens is 1. The number of benzene rings is 2. The van der Waals surface area contributed by atoms with Gasteiger partial charge in [-0.3, -0.25) is 4.18 Å². The molecule has 0 heterocycles. The molecule has 0 spiro atoms. The molecule has 0 amide bonds. The van der Waals surface area contributed by atoms with Crippen LogP contribution in [0.5, 0.6) is 0 Å². The summed E-state index contributed by atoms with van der Waals surface area (Å²) in [6, 6.07) is 13.5. The molecule has 0 aliphatic rings. The van der Waals surface area contributed by atoms with E-state index in [0.29, 0.717) is 10.5 Å². The highest BCUT2D eigenvalue weighted by Gasteiger charge is 2.07. The van der Waals surface area contributed by atoms with E-state index >= 15 is 0 Å². The molecule has 0 aliphatic heterocycles. The van der Waals surface area contributed by atoms with Crippen LogP contribution in [-0.2, 0) is 21.9 Å². The van der Waals surface area contributed by atoms with Gasteiger partial charge >= 0.3 is 0 Å². The van der Waals surface area contributed by atoms with Gasteiger partial charge < -0.3 is 0 Å². The first-order valence-electron chi connectivity index (χ1n) is 5.52. The van der Waals surface area contributed by atoms with Gasteiger partial charge in [0.15, 0.2) is 11.1 Å². The average Bonchev–Trinajstić information content (AvgIpc) is 2.38. The molecule has 0 aromatic heterocycles. The van der Waals surface area contributed by atoms with Gasteiger partial charge in [-0.1, -0.05) is 35.9 Å². The van der Waals surface area contributed by atoms with Crippen LogP contribution in [0, 0.1) is 12.7 Å². The van der Waals surface area contributed by atoms with E-state index in [4.69, 9.17) is 4.18 Å². The van der Waals surface area contributed by atoms with Gasteiger partial charge in [0.25, 0.3) is 0 Å². The molecule has 2 aromatic rings. The summed E-state index contributed by atoms with van der Waals surface area (Å²) >= 11 is -1.57. The lowest BCUT2D eigenvalue weighted by Gasteiger charge is -2.05. The summed E-state index contributed by atoms with van der Waals surface area (Å²) in [5.74, 6) is -0.349. The number of rotatable bonds is 4. The molecular weight excluding hydrogens is 251 g/mol. The second kappa shape index (κ2) is 5.89. The van der Waals surface area contributed by atoms with Gasteiger partial charge in [-0.2, -0.15) is 0 Å². The minimum Gasteiger partial charge on any atom is -0.282 e. The van der Waals surface area contributed by atoms with Crippen LogP contribution < -0.4 is 0 Å². The van der Waals surface area contributed by atoms with Crippen LogP contribution in [0.3, 0.4) is 0 Å². The van der Waals surface area contributed by atoms with E-state index in [-0.39, 0.29) is 12.4 Å². The van der Waals surface area contributed by atoms with Crippen molar-refractivity contribution in [3.05, 3.63) is 65.5 Å². The smallest absolute Gasteiger partial charge is 0.189 e. The monoisotopic (exact) mass is 264 g/mol. The third-order valence-electron chi connectivity index (χ3n) is 2.49. The summed E-state index contributed by atoms with van der Waals surface area (Å²) in [5.41, 5.74) is 1.49. The SMILES string of the molecule is Cc1ccc(S(=O)OCc2ccccc2F)cc1. The van der Waals surface area contributed by atoms with Gasteiger partial charge in [-0.25, -0.2) is 8.60 Å². The lowest BCUT2D eigenvalue weighted by Crippen LogP contribution is -2.00. The summed E-state index contributed by atoms with van der Waals surface area (Å²) in [6.45, 7) is 1.94. The summed E-state index contributed by atoms with van der Waals surface area (Å²) in [7, 11) is 0. The van der Waals surface area contributed by atoms with Crippen molar-refractivity contribution >= 4 is 11.1 Å². The Balaban J connectivity index is 2.01. The topological polar surface area (TPSA) is 26.3 Å². The third-order valence-corrected chi connectivity index (χ3v) is 3.48. The average molecular weight is 264 g/mol. The Morgan fingerprint density at radius 1 is 1.11 bits per heavy atom. The summed E-state index contributed by atoms with van der Waals surface area (Å²) < 4.78 is 30.3. The van der Waals surface area contributed by atoms with E-state index in [0.717, 1.165) is 5.56 Å². The predicted molar refractivity (Wildman–Crippen MR) is 68.8 cm³/mol. The Morgan fingerprint density at radius 2 is 1.78 bits per heavy atom. The second-order valence-electron chi connectivity index (χ2n) is 3.90. The molecule has 18 heavy (non-hydrogen) atoms. The van der Waals surface area contributed by atoms with Gasteiger partial charge in [0.1, 0.15) is 5.82 Å². The van der Waals surface area contributed by atoms with Gasteiger partial charge in [0.05, 0.1) is 11.5 Å². The molecule has 0 aliphatic carbocycles. The molecule has 2 aromatic carbocycles. The number of aryl methyl sites for hydroxylation is 1. The van der Waals surface area contributed by atoms with Gasteiger partial charge in [0, 0.05) is 5.56 Å². The molecule has 2 rings (SSSR count). The molecule has 0 N–H and O–H groups in total. The van der Waals surface area contributed by atoms with Crippen molar-refractivity contribution in [3.8, 4) is 0 Å². The molecular formula is C14H13FO2S. The van der Waals surface area contributed by atoms with E-state index < -0.39 is 11.1 Å². The molecule has 2 nitrogen and oxygen atoms in total. The van der Waals surface area contributed by atoms with E-state index in [2.05, 4.69) is 0 Å². The maximum Gasteiger partial charge on any atom is 0.189 e. The van der Waals surface area contributed by atoms with E-state index in [9.17, 15) is 8.60 Å². The Labute approximate surface area is 108 Å². The third kappa shape index (κ3) is 3.24. The molecule has 4 heteroatoms. The van der Waals surface area contributed by atoms with E-state index in [1.54, 1.807) is 30.3 Å². The first kappa shape index (κ1) is 12.9. The van der Waals surface area contributed by atoms with Crippen LogP contribution in [0.4, 0.5) is 4.39 Å². The molecule has 1 atom stereocenters. The van der Waals surface area contributed by atoms with Gasteiger partial charge in [-0.15, -0.1) is 0 Å². The minimum atomic E-state index is -1.57. The standard InChI is InChI=1S/C14H13FO2S/c1-11-6-8-13(9-7-11)18(16)17-10-12-4-2-3-5-14(12)15/h2-9H,10H2,1H3. The normalized spacial score (nSPS) is 12.3. The van der Waals surface area contributed by atoms with Crippen molar-refractivity contribution in [3.63, 3.8) is 0 Å². The highest BCUT2D eigenvalue weighted by atomic mass is 32.2. The first-order chi connectivity index (χ1) is 8.66. The Bertz CT molecular complexity index is 552. The fourth-order valence-corrected chi connectivity index (χ4v) is 2.18. The lowest BCUT2D eigenvalue weighted by atomic mass is 10.2. The molecule has 0 saturated carbocycles. The molecule has 1 unspecified atom stereocenters. The van der Waals surface area contributed by atoms with Crippen molar-refractivity contribution in [2.24, 2.45) is 0 Å². The zero-order valence-corrected chi connectivity index (χ0v) is 10.7. The predicted octanol–water partition coefficient (Wildman–Crippen LogP) is 3.37. The van der Waals surface area contributed by atoms with Crippen LogP contribution >= 0.6 is 0 Å². The zero-order chi connectivity index (χ0) is 13.0. The second-order valence-corrected chi connectivity index (χ2v) is 5.08. The number of hydrogen-bond acceptors (Lipinski definition) is 2. The fraction of sp³-hybridized carbons (Fsp3) is 0.143. The van der Waals surface area contributed by atoms with E-state index in [1.807, 2.05) is 19.1 Å². The Hall–Kier alpha value is -1.52. The lowest BCUT2D eigenvalue weighted by molar-refractivity contribution is 0.330. The van der Waals surface area contributed by atoms with E-state index in [1.165, 1.54) is 6.07 Å². The summed E-state index contributed by atoms with van der Waals surface area (Å²) in [4.78, 5) is 0.580. The van der Waals surface area contributed by atoms with Crippen molar-refractivity contribution in [2.75, 3.05) is 0 Å². The van der Waals surface area contributed by atoms with Crippen molar-refractivity contribution < 1.29 is 12.8 Å². The van der Waals surface area contributed by atoms with Crippen molar-refractivity contribution in [1.82, 2.24) is 0 Å². The minimum absolute atomic E-state index is 0.00678. The highest BCUT2D eigenvalue weighted by Crippen LogP contribution is 2.13. The zero-order valence-electron chi connectivity index (χ0n) is 9.93. The quantitative estimate of drug-likeness (QED) is 0.846. The maximum atomic E-state index is 13.3. The van der Waals surface area contributed by atoms with Crippen LogP contribution in [0.15, 0.2) is 53.4 Å². The largest absolute Gasteiger partial charge is 0.282 e. The van der Waals surface area contributed by atoms with Gasteiger partial charge in [-0.05, 0) is 25.1 Å². The molecule has 94 valence electrons. The maximum absolute atomic E-state index is 13.3. The Morgan fingerprint density at radius 3 is 2.44 bits per heavy atom.